The molecule has 0 atom stereocenters. The lowest BCUT2D eigenvalue weighted by Crippen LogP contribution is -2.27. The Kier molecular flexibility index (Phi) is 4.62. The minimum atomic E-state index is -0.185. The van der Waals surface area contributed by atoms with E-state index in [2.05, 4.69) is 30.1 Å². The molecule has 3 N–H and O–H groups in total. The molecule has 2 aliphatic rings. The second kappa shape index (κ2) is 7.08. The number of rotatable bonds is 4. The van der Waals surface area contributed by atoms with Crippen molar-refractivity contribution in [3.8, 4) is 0 Å². The largest absolute Gasteiger partial charge is 0.397 e. The van der Waals surface area contributed by atoms with Crippen LogP contribution in [0.25, 0.3) is 0 Å². The Morgan fingerprint density at radius 1 is 0.963 bits per heavy atom. The molecule has 0 aromatic heterocycles. The molecule has 0 saturated carbocycles. The summed E-state index contributed by atoms with van der Waals surface area (Å²) < 4.78 is 0. The number of nitrogen functional groups attached to an aromatic ring is 1. The third-order valence-corrected chi connectivity index (χ3v) is 5.38. The average Bonchev–Trinajstić information content (AvgIpc) is 2.69. The van der Waals surface area contributed by atoms with Gasteiger partial charge >= 0.3 is 0 Å². The van der Waals surface area contributed by atoms with Gasteiger partial charge in [0, 0.05) is 28.3 Å². The lowest BCUT2D eigenvalue weighted by atomic mass is 9.78. The van der Waals surface area contributed by atoms with Gasteiger partial charge in [0.15, 0.2) is 11.6 Å². The highest BCUT2D eigenvalue weighted by Crippen LogP contribution is 2.41. The van der Waals surface area contributed by atoms with Gasteiger partial charge < -0.3 is 11.1 Å². The van der Waals surface area contributed by atoms with Crippen LogP contribution in [-0.4, -0.2) is 18.1 Å². The SMILES string of the molecule is Nc1c(S)cc(NCCc2ccccc2)c2c1C(=O)C1=CCCC=C1C2=O. The van der Waals surface area contributed by atoms with Crippen LogP contribution in [-0.2, 0) is 6.42 Å². The Morgan fingerprint density at radius 3 is 2.26 bits per heavy atom. The highest BCUT2D eigenvalue weighted by atomic mass is 32.1. The molecule has 2 aromatic rings. The molecule has 2 aliphatic carbocycles. The molecule has 0 aliphatic heterocycles. The number of anilines is 2. The van der Waals surface area contributed by atoms with Crippen molar-refractivity contribution in [1.29, 1.82) is 0 Å². The van der Waals surface area contributed by atoms with E-state index in [0.29, 0.717) is 33.8 Å². The van der Waals surface area contributed by atoms with Crippen molar-refractivity contribution in [3.05, 3.63) is 76.4 Å². The second-order valence-corrected chi connectivity index (χ2v) is 7.22. The Bertz CT molecular complexity index is 1010. The van der Waals surface area contributed by atoms with Crippen LogP contribution in [0.3, 0.4) is 0 Å². The number of carbonyl (C=O) groups excluding carboxylic acids is 2. The van der Waals surface area contributed by atoms with Crippen LogP contribution in [0.4, 0.5) is 11.4 Å². The molecular weight excluding hydrogens is 356 g/mol. The maximum Gasteiger partial charge on any atom is 0.196 e. The zero-order chi connectivity index (χ0) is 19.0. The van der Waals surface area contributed by atoms with Gasteiger partial charge in [-0.25, -0.2) is 0 Å². The summed E-state index contributed by atoms with van der Waals surface area (Å²) in [7, 11) is 0. The van der Waals surface area contributed by atoms with Gasteiger partial charge in [0.05, 0.1) is 16.8 Å². The van der Waals surface area contributed by atoms with E-state index in [1.54, 1.807) is 6.07 Å². The summed E-state index contributed by atoms with van der Waals surface area (Å²) in [5, 5.41) is 3.31. The summed E-state index contributed by atoms with van der Waals surface area (Å²) in [6.45, 7) is 0.636. The first-order valence-corrected chi connectivity index (χ1v) is 9.46. The van der Waals surface area contributed by atoms with Gasteiger partial charge in [-0.1, -0.05) is 42.5 Å². The average molecular weight is 376 g/mol. The maximum absolute atomic E-state index is 13.1. The fourth-order valence-electron chi connectivity index (χ4n) is 3.66. The molecule has 0 bridgehead atoms. The number of carbonyl (C=O) groups is 2. The molecule has 27 heavy (non-hydrogen) atoms. The van der Waals surface area contributed by atoms with Crippen LogP contribution in [0, 0.1) is 0 Å². The fraction of sp³-hybridized carbons (Fsp3) is 0.182. The molecule has 0 amide bonds. The molecule has 136 valence electrons. The third kappa shape index (κ3) is 3.08. The van der Waals surface area contributed by atoms with E-state index in [4.69, 9.17) is 5.73 Å². The minimum absolute atomic E-state index is 0.141. The van der Waals surface area contributed by atoms with Crippen LogP contribution < -0.4 is 11.1 Å². The Balaban J connectivity index is 1.72. The molecule has 4 nitrogen and oxygen atoms in total. The van der Waals surface area contributed by atoms with Crippen LogP contribution in [0.1, 0.15) is 39.1 Å². The van der Waals surface area contributed by atoms with E-state index in [-0.39, 0.29) is 22.8 Å². The molecule has 0 spiro atoms. The summed E-state index contributed by atoms with van der Waals surface area (Å²) in [6, 6.07) is 11.8. The van der Waals surface area contributed by atoms with E-state index in [1.165, 1.54) is 5.56 Å². The number of thiol groups is 1. The summed E-state index contributed by atoms with van der Waals surface area (Å²) in [5.41, 5.74) is 9.84. The van der Waals surface area contributed by atoms with Gasteiger partial charge in [-0.2, -0.15) is 0 Å². The lowest BCUT2D eigenvalue weighted by molar-refractivity contribution is 0.0972. The van der Waals surface area contributed by atoms with Crippen LogP contribution >= 0.6 is 12.6 Å². The van der Waals surface area contributed by atoms with Crippen molar-refractivity contribution in [2.75, 3.05) is 17.6 Å². The normalized spacial score (nSPS) is 15.6. The minimum Gasteiger partial charge on any atom is -0.397 e. The number of nitrogens with one attached hydrogen (secondary N) is 1. The van der Waals surface area contributed by atoms with Gasteiger partial charge in [0.25, 0.3) is 0 Å². The number of fused-ring (bicyclic) bond motifs is 2. The van der Waals surface area contributed by atoms with Crippen molar-refractivity contribution in [1.82, 2.24) is 0 Å². The van der Waals surface area contributed by atoms with Crippen LogP contribution in [0.2, 0.25) is 0 Å². The molecule has 4 rings (SSSR count). The summed E-state index contributed by atoms with van der Waals surface area (Å²) in [4.78, 5) is 26.6. The highest BCUT2D eigenvalue weighted by molar-refractivity contribution is 7.80. The lowest BCUT2D eigenvalue weighted by Gasteiger charge is -2.26. The first-order chi connectivity index (χ1) is 13.1. The van der Waals surface area contributed by atoms with Gasteiger partial charge in [0.2, 0.25) is 0 Å². The van der Waals surface area contributed by atoms with Crippen molar-refractivity contribution in [2.24, 2.45) is 0 Å². The molecule has 5 heteroatoms. The van der Waals surface area contributed by atoms with Crippen molar-refractivity contribution in [3.63, 3.8) is 0 Å². The molecule has 0 saturated heterocycles. The summed E-state index contributed by atoms with van der Waals surface area (Å²) >= 11 is 4.42. The molecule has 2 aromatic carbocycles. The highest BCUT2D eigenvalue weighted by Gasteiger charge is 2.37. The standard InChI is InChI=1S/C22H20N2O2S/c23-20-17(27)12-16(24-11-10-13-6-2-1-3-7-13)18-19(20)22(26)15-9-5-4-8-14(15)21(18)25/h1-3,6-9,12,24,27H,4-5,10-11,23H2. The third-order valence-electron chi connectivity index (χ3n) is 5.01. The first kappa shape index (κ1) is 17.6. The number of Topliss-reactive ketones (excluding diaryl/α,β-unsaturated/α-hetero) is 2. The fourth-order valence-corrected chi connectivity index (χ4v) is 3.90. The number of benzene rings is 2. The Hall–Kier alpha value is -2.79. The predicted octanol–water partition coefficient (Wildman–Crippen LogP) is 4.24. The smallest absolute Gasteiger partial charge is 0.196 e. The van der Waals surface area contributed by atoms with Gasteiger partial charge in [-0.05, 0) is 30.9 Å². The number of hydrogen-bond acceptors (Lipinski definition) is 5. The topological polar surface area (TPSA) is 72.2 Å². The molecule has 0 radical (unpaired) electrons. The Morgan fingerprint density at radius 2 is 1.59 bits per heavy atom. The van der Waals surface area contributed by atoms with E-state index in [1.807, 2.05) is 30.4 Å². The quantitative estimate of drug-likeness (QED) is 0.551. The second-order valence-electron chi connectivity index (χ2n) is 6.74. The van der Waals surface area contributed by atoms with Crippen LogP contribution in [0.15, 0.2) is 64.6 Å². The molecule has 0 heterocycles. The maximum atomic E-state index is 13.1. The predicted molar refractivity (Wildman–Crippen MR) is 111 cm³/mol. The molecular formula is C22H20N2O2S. The zero-order valence-corrected chi connectivity index (χ0v) is 15.7. The summed E-state index contributed by atoms with van der Waals surface area (Å²) in [6.07, 6.45) is 6.03. The number of nitrogens with two attached hydrogens (primary N) is 1. The van der Waals surface area contributed by atoms with E-state index < -0.39 is 0 Å². The number of ketones is 2. The van der Waals surface area contributed by atoms with E-state index in [9.17, 15) is 9.59 Å². The first-order valence-electron chi connectivity index (χ1n) is 9.01. The van der Waals surface area contributed by atoms with E-state index in [0.717, 1.165) is 19.3 Å². The number of allylic oxidation sites excluding steroid dienone is 4. The number of hydrogen-bond donors (Lipinski definition) is 3. The van der Waals surface area contributed by atoms with Crippen molar-refractivity contribution in [2.45, 2.75) is 24.2 Å². The van der Waals surface area contributed by atoms with E-state index >= 15 is 0 Å². The summed E-state index contributed by atoms with van der Waals surface area (Å²) in [5.74, 6) is -0.326. The molecule has 0 unspecified atom stereocenters. The zero-order valence-electron chi connectivity index (χ0n) is 14.8. The van der Waals surface area contributed by atoms with Gasteiger partial charge in [-0.3, -0.25) is 9.59 Å². The monoisotopic (exact) mass is 376 g/mol. The van der Waals surface area contributed by atoms with Crippen molar-refractivity contribution >= 4 is 35.6 Å². The Labute approximate surface area is 163 Å². The van der Waals surface area contributed by atoms with Crippen molar-refractivity contribution < 1.29 is 9.59 Å². The van der Waals surface area contributed by atoms with Gasteiger partial charge in [-0.15, -0.1) is 12.6 Å². The van der Waals surface area contributed by atoms with Gasteiger partial charge in [0.1, 0.15) is 0 Å². The van der Waals surface area contributed by atoms with Crippen LogP contribution in [0.5, 0.6) is 0 Å². The molecule has 0 fully saturated rings.